The van der Waals surface area contributed by atoms with Crippen LogP contribution in [0, 0.1) is 0 Å². The monoisotopic (exact) mass is 261 g/mol. The van der Waals surface area contributed by atoms with Gasteiger partial charge in [-0.3, -0.25) is 5.10 Å². The van der Waals surface area contributed by atoms with Crippen molar-refractivity contribution in [1.29, 1.82) is 0 Å². The van der Waals surface area contributed by atoms with Crippen LogP contribution < -0.4 is 15.2 Å². The lowest BCUT2D eigenvalue weighted by Crippen LogP contribution is -1.95. The third-order valence-corrected chi connectivity index (χ3v) is 3.07. The van der Waals surface area contributed by atoms with Crippen LogP contribution in [0.25, 0.3) is 11.1 Å². The molecule has 0 atom stereocenters. The van der Waals surface area contributed by atoms with Gasteiger partial charge in [0.2, 0.25) is 0 Å². The topological polar surface area (TPSA) is 73.2 Å². The van der Waals surface area contributed by atoms with Gasteiger partial charge in [-0.1, -0.05) is 19.9 Å². The van der Waals surface area contributed by atoms with Gasteiger partial charge < -0.3 is 15.2 Å². The van der Waals surface area contributed by atoms with Gasteiger partial charge in [-0.25, -0.2) is 0 Å². The number of ether oxygens (including phenoxy) is 2. The number of nitrogens with zero attached hydrogens (tertiary/aromatic N) is 1. The van der Waals surface area contributed by atoms with Crippen molar-refractivity contribution < 1.29 is 9.47 Å². The zero-order valence-corrected chi connectivity index (χ0v) is 11.7. The number of aromatic amines is 1. The second kappa shape index (κ2) is 5.22. The van der Waals surface area contributed by atoms with E-state index in [2.05, 4.69) is 24.0 Å². The predicted molar refractivity (Wildman–Crippen MR) is 75.6 cm³/mol. The molecule has 2 rings (SSSR count). The van der Waals surface area contributed by atoms with Crippen LogP contribution in [0.5, 0.6) is 11.5 Å². The number of methoxy groups -OCH3 is 2. The van der Waals surface area contributed by atoms with Crippen LogP contribution in [-0.2, 0) is 0 Å². The number of benzene rings is 1. The molecule has 0 aliphatic rings. The van der Waals surface area contributed by atoms with Crippen molar-refractivity contribution in [2.45, 2.75) is 19.8 Å². The average Bonchev–Trinajstić information content (AvgIpc) is 2.80. The Labute approximate surface area is 112 Å². The Morgan fingerprint density at radius 1 is 1.16 bits per heavy atom. The van der Waals surface area contributed by atoms with Gasteiger partial charge in [0.05, 0.1) is 14.2 Å². The van der Waals surface area contributed by atoms with Gasteiger partial charge in [0.15, 0.2) is 17.3 Å². The van der Waals surface area contributed by atoms with E-state index >= 15 is 0 Å². The van der Waals surface area contributed by atoms with E-state index in [9.17, 15) is 0 Å². The van der Waals surface area contributed by atoms with Crippen molar-refractivity contribution in [3.05, 3.63) is 23.9 Å². The van der Waals surface area contributed by atoms with Crippen LogP contribution in [-0.4, -0.2) is 24.4 Å². The summed E-state index contributed by atoms with van der Waals surface area (Å²) >= 11 is 0. The van der Waals surface area contributed by atoms with Crippen molar-refractivity contribution >= 4 is 5.82 Å². The fourth-order valence-electron chi connectivity index (χ4n) is 2.08. The standard InChI is InChI=1S/C14H19N3O2/c1-8(2)13-12(14(15)17-16-13)9-5-6-10(18-3)11(7-9)19-4/h5-8H,1-4H3,(H3,15,16,17). The number of rotatable bonds is 4. The molecule has 0 aliphatic carbocycles. The summed E-state index contributed by atoms with van der Waals surface area (Å²) in [5.41, 5.74) is 8.87. The van der Waals surface area contributed by atoms with E-state index < -0.39 is 0 Å². The number of nitrogen functional groups attached to an aromatic ring is 1. The highest BCUT2D eigenvalue weighted by Crippen LogP contribution is 2.37. The lowest BCUT2D eigenvalue weighted by Gasteiger charge is -2.11. The summed E-state index contributed by atoms with van der Waals surface area (Å²) in [5.74, 6) is 2.18. The number of hydrogen-bond donors (Lipinski definition) is 2. The molecule has 5 heteroatoms. The lowest BCUT2D eigenvalue weighted by molar-refractivity contribution is 0.355. The molecule has 0 radical (unpaired) electrons. The van der Waals surface area contributed by atoms with Crippen LogP contribution in [0.2, 0.25) is 0 Å². The summed E-state index contributed by atoms with van der Waals surface area (Å²) in [6.45, 7) is 4.19. The molecule has 5 nitrogen and oxygen atoms in total. The Morgan fingerprint density at radius 2 is 1.84 bits per heavy atom. The smallest absolute Gasteiger partial charge is 0.161 e. The van der Waals surface area contributed by atoms with Crippen LogP contribution >= 0.6 is 0 Å². The molecule has 0 aliphatic heterocycles. The van der Waals surface area contributed by atoms with Crippen LogP contribution in [0.1, 0.15) is 25.5 Å². The maximum atomic E-state index is 5.96. The van der Waals surface area contributed by atoms with Crippen molar-refractivity contribution in [2.75, 3.05) is 20.0 Å². The third-order valence-electron chi connectivity index (χ3n) is 3.07. The van der Waals surface area contributed by atoms with E-state index in [1.54, 1.807) is 14.2 Å². The molecule has 0 bridgehead atoms. The predicted octanol–water partition coefficient (Wildman–Crippen LogP) is 2.80. The minimum absolute atomic E-state index is 0.313. The molecule has 0 amide bonds. The first-order chi connectivity index (χ1) is 9.08. The van der Waals surface area contributed by atoms with E-state index in [1.807, 2.05) is 18.2 Å². The quantitative estimate of drug-likeness (QED) is 0.887. The van der Waals surface area contributed by atoms with Gasteiger partial charge in [-0.15, -0.1) is 0 Å². The Kier molecular flexibility index (Phi) is 3.64. The molecule has 0 saturated carbocycles. The average molecular weight is 261 g/mol. The number of aromatic nitrogens is 2. The summed E-state index contributed by atoms with van der Waals surface area (Å²) in [5, 5.41) is 7.08. The van der Waals surface area contributed by atoms with Gasteiger partial charge in [-0.2, -0.15) is 5.10 Å². The van der Waals surface area contributed by atoms with E-state index in [0.717, 1.165) is 16.8 Å². The maximum Gasteiger partial charge on any atom is 0.161 e. The van der Waals surface area contributed by atoms with Gasteiger partial charge in [0.1, 0.15) is 0 Å². The Hall–Kier alpha value is -2.17. The highest BCUT2D eigenvalue weighted by atomic mass is 16.5. The first-order valence-electron chi connectivity index (χ1n) is 6.14. The minimum Gasteiger partial charge on any atom is -0.493 e. The van der Waals surface area contributed by atoms with Gasteiger partial charge in [0.25, 0.3) is 0 Å². The molecule has 0 spiro atoms. The molecular formula is C14H19N3O2. The molecule has 19 heavy (non-hydrogen) atoms. The van der Waals surface area contributed by atoms with Crippen molar-refractivity contribution in [3.63, 3.8) is 0 Å². The molecule has 3 N–H and O–H groups in total. The summed E-state index contributed by atoms with van der Waals surface area (Å²) in [6, 6.07) is 5.73. The Bertz CT molecular complexity index is 576. The zero-order chi connectivity index (χ0) is 14.0. The first-order valence-corrected chi connectivity index (χ1v) is 6.14. The van der Waals surface area contributed by atoms with Crippen LogP contribution in [0.15, 0.2) is 18.2 Å². The van der Waals surface area contributed by atoms with Crippen molar-refractivity contribution in [1.82, 2.24) is 10.2 Å². The molecule has 1 aromatic carbocycles. The van der Waals surface area contributed by atoms with Gasteiger partial charge in [0, 0.05) is 11.3 Å². The van der Waals surface area contributed by atoms with E-state index in [1.165, 1.54) is 0 Å². The molecule has 1 aromatic heterocycles. The maximum absolute atomic E-state index is 5.96. The molecule has 0 fully saturated rings. The zero-order valence-electron chi connectivity index (χ0n) is 11.7. The van der Waals surface area contributed by atoms with Gasteiger partial charge in [-0.05, 0) is 23.6 Å². The first kappa shape index (κ1) is 13.3. The lowest BCUT2D eigenvalue weighted by atomic mass is 9.99. The molecule has 2 aromatic rings. The Morgan fingerprint density at radius 3 is 2.42 bits per heavy atom. The van der Waals surface area contributed by atoms with E-state index in [4.69, 9.17) is 15.2 Å². The van der Waals surface area contributed by atoms with E-state index in [-0.39, 0.29) is 0 Å². The van der Waals surface area contributed by atoms with Gasteiger partial charge >= 0.3 is 0 Å². The highest BCUT2D eigenvalue weighted by Gasteiger charge is 2.17. The number of nitrogens with two attached hydrogens (primary N) is 1. The largest absolute Gasteiger partial charge is 0.493 e. The SMILES string of the molecule is COc1ccc(-c2c(N)n[nH]c2C(C)C)cc1OC. The Balaban J connectivity index is 2.56. The number of hydrogen-bond acceptors (Lipinski definition) is 4. The third kappa shape index (κ3) is 2.36. The fraction of sp³-hybridized carbons (Fsp3) is 0.357. The van der Waals surface area contributed by atoms with Crippen molar-refractivity contribution in [2.24, 2.45) is 0 Å². The molecular weight excluding hydrogens is 242 g/mol. The summed E-state index contributed by atoms with van der Waals surface area (Å²) < 4.78 is 10.6. The summed E-state index contributed by atoms with van der Waals surface area (Å²) in [7, 11) is 3.23. The summed E-state index contributed by atoms with van der Waals surface area (Å²) in [6.07, 6.45) is 0. The molecule has 0 unspecified atom stereocenters. The fourth-order valence-corrected chi connectivity index (χ4v) is 2.08. The second-order valence-corrected chi connectivity index (χ2v) is 4.62. The summed E-state index contributed by atoms with van der Waals surface area (Å²) in [4.78, 5) is 0. The normalized spacial score (nSPS) is 10.8. The minimum atomic E-state index is 0.313. The van der Waals surface area contributed by atoms with Crippen LogP contribution in [0.4, 0.5) is 5.82 Å². The van der Waals surface area contributed by atoms with Crippen LogP contribution in [0.3, 0.4) is 0 Å². The molecule has 102 valence electrons. The van der Waals surface area contributed by atoms with E-state index in [0.29, 0.717) is 23.2 Å². The number of nitrogens with one attached hydrogen (secondary N) is 1. The number of anilines is 1. The highest BCUT2D eigenvalue weighted by molar-refractivity contribution is 5.78. The van der Waals surface area contributed by atoms with Crippen molar-refractivity contribution in [3.8, 4) is 22.6 Å². The molecule has 0 saturated heterocycles. The number of H-pyrrole nitrogens is 1. The molecule has 1 heterocycles. The second-order valence-electron chi connectivity index (χ2n) is 4.62.